The van der Waals surface area contributed by atoms with Gasteiger partial charge < -0.3 is 15.3 Å². The third kappa shape index (κ3) is 4.44. The molecule has 0 aliphatic rings. The number of hydrogen-bond acceptors (Lipinski definition) is 2. The Balaban J connectivity index is 2.40. The SMILES string of the molecule is CN(CCNC(=O)c1ccc(Br)cc1)C(=O)O. The van der Waals surface area contributed by atoms with E-state index in [4.69, 9.17) is 5.11 Å². The van der Waals surface area contributed by atoms with Gasteiger partial charge in [-0.15, -0.1) is 0 Å². The number of nitrogens with zero attached hydrogens (tertiary/aromatic N) is 1. The number of nitrogens with one attached hydrogen (secondary N) is 1. The minimum Gasteiger partial charge on any atom is -0.465 e. The van der Waals surface area contributed by atoms with Gasteiger partial charge in [-0.25, -0.2) is 4.79 Å². The maximum Gasteiger partial charge on any atom is 0.407 e. The van der Waals surface area contributed by atoms with Crippen LogP contribution in [-0.2, 0) is 0 Å². The third-order valence-electron chi connectivity index (χ3n) is 2.17. The third-order valence-corrected chi connectivity index (χ3v) is 2.69. The minimum absolute atomic E-state index is 0.212. The van der Waals surface area contributed by atoms with E-state index in [0.29, 0.717) is 5.56 Å². The molecule has 2 amide bonds. The number of benzene rings is 1. The summed E-state index contributed by atoms with van der Waals surface area (Å²) in [5.74, 6) is -0.212. The lowest BCUT2D eigenvalue weighted by atomic mass is 10.2. The predicted molar refractivity (Wildman–Crippen MR) is 67.1 cm³/mol. The van der Waals surface area contributed by atoms with E-state index in [1.807, 2.05) is 0 Å². The zero-order valence-electron chi connectivity index (χ0n) is 9.31. The average Bonchev–Trinajstić information content (AvgIpc) is 2.29. The van der Waals surface area contributed by atoms with Gasteiger partial charge in [0.1, 0.15) is 0 Å². The molecule has 0 saturated heterocycles. The number of carboxylic acid groups (broad SMARTS) is 1. The molecule has 0 radical (unpaired) electrons. The molecule has 6 heteroatoms. The summed E-state index contributed by atoms with van der Waals surface area (Å²) in [6.07, 6.45) is -1.01. The Bertz CT molecular complexity index is 406. The van der Waals surface area contributed by atoms with E-state index in [0.717, 1.165) is 9.37 Å². The summed E-state index contributed by atoms with van der Waals surface area (Å²) in [4.78, 5) is 23.2. The molecule has 0 aliphatic heterocycles. The first-order valence-electron chi connectivity index (χ1n) is 4.98. The van der Waals surface area contributed by atoms with E-state index in [2.05, 4.69) is 21.2 Å². The molecule has 1 rings (SSSR count). The average molecular weight is 301 g/mol. The quantitative estimate of drug-likeness (QED) is 0.891. The monoisotopic (exact) mass is 300 g/mol. The lowest BCUT2D eigenvalue weighted by Crippen LogP contribution is -2.35. The second-order valence-electron chi connectivity index (χ2n) is 3.47. The fourth-order valence-electron chi connectivity index (χ4n) is 1.14. The number of amides is 2. The van der Waals surface area contributed by atoms with Crippen LogP contribution in [0.5, 0.6) is 0 Å². The zero-order chi connectivity index (χ0) is 12.8. The maximum absolute atomic E-state index is 11.6. The molecule has 2 N–H and O–H groups in total. The highest BCUT2D eigenvalue weighted by Crippen LogP contribution is 2.10. The maximum atomic E-state index is 11.6. The van der Waals surface area contributed by atoms with E-state index in [-0.39, 0.29) is 19.0 Å². The fourth-order valence-corrected chi connectivity index (χ4v) is 1.40. The summed E-state index contributed by atoms with van der Waals surface area (Å²) in [5.41, 5.74) is 0.547. The van der Waals surface area contributed by atoms with Gasteiger partial charge in [-0.3, -0.25) is 4.79 Å². The lowest BCUT2D eigenvalue weighted by Gasteiger charge is -2.13. The van der Waals surface area contributed by atoms with Crippen molar-refractivity contribution in [2.24, 2.45) is 0 Å². The number of halogens is 1. The van der Waals surface area contributed by atoms with Crippen molar-refractivity contribution < 1.29 is 14.7 Å². The molecule has 0 bridgehead atoms. The van der Waals surface area contributed by atoms with Crippen LogP contribution in [-0.4, -0.2) is 42.1 Å². The Morgan fingerprint density at radius 3 is 2.47 bits per heavy atom. The van der Waals surface area contributed by atoms with Crippen molar-refractivity contribution in [2.75, 3.05) is 20.1 Å². The van der Waals surface area contributed by atoms with Crippen LogP contribution >= 0.6 is 15.9 Å². The van der Waals surface area contributed by atoms with Gasteiger partial charge in [0.2, 0.25) is 0 Å². The highest BCUT2D eigenvalue weighted by Gasteiger charge is 2.07. The van der Waals surface area contributed by atoms with Gasteiger partial charge in [0.05, 0.1) is 0 Å². The van der Waals surface area contributed by atoms with Gasteiger partial charge >= 0.3 is 6.09 Å². The van der Waals surface area contributed by atoms with Crippen LogP contribution in [0.15, 0.2) is 28.7 Å². The van der Waals surface area contributed by atoms with Crippen LogP contribution in [0.4, 0.5) is 4.79 Å². The normalized spacial score (nSPS) is 9.76. The predicted octanol–water partition coefficient (Wildman–Crippen LogP) is 1.79. The van der Waals surface area contributed by atoms with Crippen LogP contribution in [0.2, 0.25) is 0 Å². The van der Waals surface area contributed by atoms with Crippen molar-refractivity contribution in [3.63, 3.8) is 0 Å². The number of hydrogen-bond donors (Lipinski definition) is 2. The first-order chi connectivity index (χ1) is 8.00. The van der Waals surface area contributed by atoms with E-state index < -0.39 is 6.09 Å². The molecule has 92 valence electrons. The van der Waals surface area contributed by atoms with Crippen LogP contribution in [0, 0.1) is 0 Å². The highest BCUT2D eigenvalue weighted by atomic mass is 79.9. The Morgan fingerprint density at radius 1 is 1.35 bits per heavy atom. The smallest absolute Gasteiger partial charge is 0.407 e. The van der Waals surface area contributed by atoms with Gasteiger partial charge in [0.15, 0.2) is 0 Å². The van der Waals surface area contributed by atoms with Gasteiger partial charge in [-0.05, 0) is 24.3 Å². The minimum atomic E-state index is -1.01. The van der Waals surface area contributed by atoms with E-state index in [1.165, 1.54) is 7.05 Å². The molecule has 1 aromatic rings. The molecule has 0 fully saturated rings. The Morgan fingerprint density at radius 2 is 1.94 bits per heavy atom. The summed E-state index contributed by atoms with van der Waals surface area (Å²) in [7, 11) is 1.45. The van der Waals surface area contributed by atoms with Gasteiger partial charge in [0.25, 0.3) is 5.91 Å². The molecule has 0 unspecified atom stereocenters. The van der Waals surface area contributed by atoms with Crippen molar-refractivity contribution in [3.8, 4) is 0 Å². The van der Waals surface area contributed by atoms with E-state index >= 15 is 0 Å². The molecule has 17 heavy (non-hydrogen) atoms. The summed E-state index contributed by atoms with van der Waals surface area (Å²) in [6, 6.07) is 6.94. The lowest BCUT2D eigenvalue weighted by molar-refractivity contribution is 0.0947. The van der Waals surface area contributed by atoms with Crippen molar-refractivity contribution in [1.82, 2.24) is 10.2 Å². The number of rotatable bonds is 4. The van der Waals surface area contributed by atoms with E-state index in [9.17, 15) is 9.59 Å². The molecular weight excluding hydrogens is 288 g/mol. The molecular formula is C11H13BrN2O3. The second-order valence-corrected chi connectivity index (χ2v) is 4.38. The van der Waals surface area contributed by atoms with Crippen molar-refractivity contribution in [3.05, 3.63) is 34.3 Å². The van der Waals surface area contributed by atoms with Gasteiger partial charge in [-0.2, -0.15) is 0 Å². The first kappa shape index (κ1) is 13.5. The van der Waals surface area contributed by atoms with Crippen LogP contribution < -0.4 is 5.32 Å². The molecule has 0 spiro atoms. The molecule has 0 aliphatic carbocycles. The van der Waals surface area contributed by atoms with Gasteiger partial charge in [0, 0.05) is 30.2 Å². The van der Waals surface area contributed by atoms with Crippen LogP contribution in [0.1, 0.15) is 10.4 Å². The van der Waals surface area contributed by atoms with Crippen molar-refractivity contribution in [2.45, 2.75) is 0 Å². The number of carbonyl (C=O) groups excluding carboxylic acids is 1. The summed E-state index contributed by atoms with van der Waals surface area (Å²) >= 11 is 3.28. The van der Waals surface area contributed by atoms with Crippen LogP contribution in [0.25, 0.3) is 0 Å². The molecule has 0 saturated carbocycles. The standard InChI is InChI=1S/C11H13BrN2O3/c1-14(11(16)17)7-6-13-10(15)8-2-4-9(12)5-3-8/h2-5H,6-7H2,1H3,(H,13,15)(H,16,17). The number of carbonyl (C=O) groups is 2. The molecule has 5 nitrogen and oxygen atoms in total. The summed E-state index contributed by atoms with van der Waals surface area (Å²) in [5, 5.41) is 11.2. The molecule has 1 aromatic carbocycles. The molecule has 0 heterocycles. The topological polar surface area (TPSA) is 69.6 Å². The Hall–Kier alpha value is -1.56. The summed E-state index contributed by atoms with van der Waals surface area (Å²) < 4.78 is 0.902. The molecule has 0 atom stereocenters. The summed E-state index contributed by atoms with van der Waals surface area (Å²) in [6.45, 7) is 0.551. The van der Waals surface area contributed by atoms with Gasteiger partial charge in [-0.1, -0.05) is 15.9 Å². The zero-order valence-corrected chi connectivity index (χ0v) is 10.9. The van der Waals surface area contributed by atoms with Crippen molar-refractivity contribution >= 4 is 27.9 Å². The van der Waals surface area contributed by atoms with E-state index in [1.54, 1.807) is 24.3 Å². The fraction of sp³-hybridized carbons (Fsp3) is 0.273. The van der Waals surface area contributed by atoms with Crippen molar-refractivity contribution in [1.29, 1.82) is 0 Å². The highest BCUT2D eigenvalue weighted by molar-refractivity contribution is 9.10. The van der Waals surface area contributed by atoms with Crippen LogP contribution in [0.3, 0.4) is 0 Å². The first-order valence-corrected chi connectivity index (χ1v) is 5.78. The molecule has 0 aromatic heterocycles. The Labute approximate surface area is 108 Å². The Kier molecular flexibility index (Phi) is 4.96. The number of likely N-dealkylation sites (N-methyl/N-ethyl adjacent to an activating group) is 1. The largest absolute Gasteiger partial charge is 0.465 e. The second kappa shape index (κ2) is 6.24.